The summed E-state index contributed by atoms with van der Waals surface area (Å²) in [5.41, 5.74) is 5.55. The fourth-order valence-corrected chi connectivity index (χ4v) is 4.80. The van der Waals surface area contributed by atoms with Gasteiger partial charge in [0.15, 0.2) is 0 Å². The monoisotopic (exact) mass is 414 g/mol. The van der Waals surface area contributed by atoms with Gasteiger partial charge in [0.05, 0.1) is 16.8 Å². The Bertz CT molecular complexity index is 1030. The lowest BCUT2D eigenvalue weighted by molar-refractivity contribution is 0.445. The molecule has 3 rings (SSSR count). The Morgan fingerprint density at radius 3 is 2.39 bits per heavy atom. The normalized spacial score (nSPS) is 12.0. The molecule has 0 aliphatic heterocycles. The predicted molar refractivity (Wildman–Crippen MR) is 115 cm³/mol. The van der Waals surface area contributed by atoms with Gasteiger partial charge in [-0.3, -0.25) is 5.43 Å². The molecule has 0 radical (unpaired) electrons. The maximum Gasteiger partial charge on any atom is 0.243 e. The molecule has 28 heavy (non-hydrogen) atoms. The zero-order valence-electron chi connectivity index (χ0n) is 15.7. The molecule has 1 aromatic heterocycles. The largest absolute Gasteiger partial charge is 0.253 e. The Morgan fingerprint density at radius 1 is 1.07 bits per heavy atom. The first-order chi connectivity index (χ1) is 13.5. The van der Waals surface area contributed by atoms with Gasteiger partial charge < -0.3 is 0 Å². The van der Waals surface area contributed by atoms with Crippen molar-refractivity contribution in [3.05, 3.63) is 65.5 Å². The fourth-order valence-electron chi connectivity index (χ4n) is 2.67. The standard InChI is InChI=1S/C20H22N4O2S2/c1-3-24(4-2)28(25,26)18-12-10-17(11-13-18)19-15-27-20(22-19)23-21-14-16-8-6-5-7-9-16/h5-15H,3-4H2,1-2H3,(H,22,23)/b21-14-. The zero-order valence-corrected chi connectivity index (χ0v) is 17.4. The number of aromatic nitrogens is 1. The number of hydrogen-bond donors (Lipinski definition) is 1. The molecular formula is C20H22N4O2S2. The van der Waals surface area contributed by atoms with Gasteiger partial charge in [-0.2, -0.15) is 9.41 Å². The molecule has 0 aliphatic rings. The number of anilines is 1. The Morgan fingerprint density at radius 2 is 1.75 bits per heavy atom. The Balaban J connectivity index is 1.71. The third-order valence-electron chi connectivity index (χ3n) is 4.17. The minimum atomic E-state index is -3.45. The van der Waals surface area contributed by atoms with E-state index in [2.05, 4.69) is 15.5 Å². The van der Waals surface area contributed by atoms with Gasteiger partial charge in [-0.1, -0.05) is 56.3 Å². The molecule has 0 spiro atoms. The van der Waals surface area contributed by atoms with E-state index in [9.17, 15) is 8.42 Å². The summed E-state index contributed by atoms with van der Waals surface area (Å²) in [5, 5.41) is 6.77. The smallest absolute Gasteiger partial charge is 0.243 e. The van der Waals surface area contributed by atoms with Crippen molar-refractivity contribution < 1.29 is 8.42 Å². The fraction of sp³-hybridized carbons (Fsp3) is 0.200. The van der Waals surface area contributed by atoms with Crippen molar-refractivity contribution in [2.24, 2.45) is 5.10 Å². The maximum absolute atomic E-state index is 12.6. The van der Waals surface area contributed by atoms with Gasteiger partial charge in [0, 0.05) is 24.0 Å². The average Bonchev–Trinajstić information content (AvgIpc) is 3.18. The summed E-state index contributed by atoms with van der Waals surface area (Å²) in [7, 11) is -3.45. The minimum Gasteiger partial charge on any atom is -0.253 e. The van der Waals surface area contributed by atoms with Crippen molar-refractivity contribution >= 4 is 32.7 Å². The van der Waals surface area contributed by atoms with E-state index in [1.54, 1.807) is 30.5 Å². The molecule has 146 valence electrons. The summed E-state index contributed by atoms with van der Waals surface area (Å²) < 4.78 is 26.6. The Kier molecular flexibility index (Phi) is 6.56. The molecule has 1 heterocycles. The van der Waals surface area contributed by atoms with E-state index in [4.69, 9.17) is 0 Å². The molecule has 3 aromatic rings. The predicted octanol–water partition coefficient (Wildman–Crippen LogP) is 4.29. The van der Waals surface area contributed by atoms with Crippen molar-refractivity contribution in [1.29, 1.82) is 0 Å². The summed E-state index contributed by atoms with van der Waals surface area (Å²) in [6.07, 6.45) is 1.73. The number of hydrogen-bond acceptors (Lipinski definition) is 6. The van der Waals surface area contributed by atoms with Crippen molar-refractivity contribution in [3.8, 4) is 11.3 Å². The summed E-state index contributed by atoms with van der Waals surface area (Å²) in [6.45, 7) is 4.56. The van der Waals surface area contributed by atoms with Gasteiger partial charge in [-0.15, -0.1) is 11.3 Å². The van der Waals surface area contributed by atoms with E-state index in [1.165, 1.54) is 15.6 Å². The third kappa shape index (κ3) is 4.64. The summed E-state index contributed by atoms with van der Waals surface area (Å²) in [5.74, 6) is 0. The molecule has 8 heteroatoms. The van der Waals surface area contributed by atoms with Crippen molar-refractivity contribution in [2.75, 3.05) is 18.5 Å². The van der Waals surface area contributed by atoms with Gasteiger partial charge in [-0.25, -0.2) is 13.4 Å². The highest BCUT2D eigenvalue weighted by atomic mass is 32.2. The lowest BCUT2D eigenvalue weighted by Gasteiger charge is -2.18. The number of sulfonamides is 1. The third-order valence-corrected chi connectivity index (χ3v) is 6.98. The van der Waals surface area contributed by atoms with Crippen LogP contribution in [0.4, 0.5) is 5.13 Å². The van der Waals surface area contributed by atoms with Crippen LogP contribution in [0.3, 0.4) is 0 Å². The second-order valence-corrected chi connectivity index (χ2v) is 8.73. The van der Waals surface area contributed by atoms with E-state index in [0.29, 0.717) is 23.1 Å². The molecule has 0 aliphatic carbocycles. The first kappa shape index (κ1) is 20.2. The van der Waals surface area contributed by atoms with Crippen LogP contribution in [0.15, 0.2) is 70.0 Å². The molecule has 6 nitrogen and oxygen atoms in total. The number of nitrogens with one attached hydrogen (secondary N) is 1. The molecular weight excluding hydrogens is 392 g/mol. The van der Waals surface area contributed by atoms with Crippen molar-refractivity contribution in [3.63, 3.8) is 0 Å². The van der Waals surface area contributed by atoms with Crippen LogP contribution in [-0.2, 0) is 10.0 Å². The number of rotatable bonds is 8. The van der Waals surface area contributed by atoms with E-state index in [1.807, 2.05) is 49.6 Å². The average molecular weight is 415 g/mol. The van der Waals surface area contributed by atoms with Crippen LogP contribution < -0.4 is 5.43 Å². The number of thiazole rings is 1. The molecule has 0 saturated heterocycles. The lowest BCUT2D eigenvalue weighted by Crippen LogP contribution is -2.30. The second kappa shape index (κ2) is 9.09. The van der Waals surface area contributed by atoms with Crippen LogP contribution in [0.5, 0.6) is 0 Å². The summed E-state index contributed by atoms with van der Waals surface area (Å²) in [4.78, 5) is 4.80. The lowest BCUT2D eigenvalue weighted by atomic mass is 10.2. The van der Waals surface area contributed by atoms with Gasteiger partial charge in [-0.05, 0) is 17.7 Å². The Labute approximate surface area is 169 Å². The van der Waals surface area contributed by atoms with Crippen LogP contribution in [0.1, 0.15) is 19.4 Å². The van der Waals surface area contributed by atoms with Crippen LogP contribution in [0.2, 0.25) is 0 Å². The van der Waals surface area contributed by atoms with Gasteiger partial charge in [0.2, 0.25) is 15.2 Å². The van der Waals surface area contributed by atoms with E-state index < -0.39 is 10.0 Å². The number of nitrogens with zero attached hydrogens (tertiary/aromatic N) is 3. The highest BCUT2D eigenvalue weighted by Crippen LogP contribution is 2.26. The molecule has 2 aromatic carbocycles. The molecule has 0 amide bonds. The molecule has 0 saturated carbocycles. The quantitative estimate of drug-likeness (QED) is 0.441. The van der Waals surface area contributed by atoms with Crippen LogP contribution in [0, 0.1) is 0 Å². The highest BCUT2D eigenvalue weighted by molar-refractivity contribution is 7.89. The topological polar surface area (TPSA) is 74.7 Å². The van der Waals surface area contributed by atoms with Crippen LogP contribution in [-0.4, -0.2) is 37.0 Å². The van der Waals surface area contributed by atoms with Crippen molar-refractivity contribution in [2.45, 2.75) is 18.7 Å². The van der Waals surface area contributed by atoms with E-state index >= 15 is 0 Å². The molecule has 0 unspecified atom stereocenters. The summed E-state index contributed by atoms with van der Waals surface area (Å²) >= 11 is 1.44. The molecule has 0 atom stereocenters. The van der Waals surface area contributed by atoms with Crippen LogP contribution >= 0.6 is 11.3 Å². The van der Waals surface area contributed by atoms with Gasteiger partial charge in [0.1, 0.15) is 0 Å². The van der Waals surface area contributed by atoms with E-state index in [-0.39, 0.29) is 0 Å². The van der Waals surface area contributed by atoms with Gasteiger partial charge >= 0.3 is 0 Å². The number of benzene rings is 2. The van der Waals surface area contributed by atoms with Gasteiger partial charge in [0.25, 0.3) is 0 Å². The van der Waals surface area contributed by atoms with Crippen LogP contribution in [0.25, 0.3) is 11.3 Å². The second-order valence-electron chi connectivity index (χ2n) is 5.93. The zero-order chi connectivity index (χ0) is 20.0. The molecule has 0 bridgehead atoms. The highest BCUT2D eigenvalue weighted by Gasteiger charge is 2.21. The Hall–Kier alpha value is -2.55. The SMILES string of the molecule is CCN(CC)S(=O)(=O)c1ccc(-c2csc(N/N=C\c3ccccc3)n2)cc1. The minimum absolute atomic E-state index is 0.293. The summed E-state index contributed by atoms with van der Waals surface area (Å²) in [6, 6.07) is 16.6. The first-order valence-electron chi connectivity index (χ1n) is 8.94. The molecule has 0 fully saturated rings. The number of hydrazone groups is 1. The first-order valence-corrected chi connectivity index (χ1v) is 11.3. The van der Waals surface area contributed by atoms with Crippen molar-refractivity contribution in [1.82, 2.24) is 9.29 Å². The molecule has 1 N–H and O–H groups in total. The maximum atomic E-state index is 12.6. The van der Waals surface area contributed by atoms with E-state index in [0.717, 1.165) is 16.8 Å².